The Hall–Kier alpha value is -3.53. The maximum Gasteiger partial charge on any atom is 0.185 e. The summed E-state index contributed by atoms with van der Waals surface area (Å²) in [4.78, 5) is 12.6. The first kappa shape index (κ1) is 21.2. The summed E-state index contributed by atoms with van der Waals surface area (Å²) >= 11 is 0. The topological polar surface area (TPSA) is 78.3 Å². The maximum absolute atomic E-state index is 12.6. The monoisotopic (exact) mass is 400 g/mol. The highest BCUT2D eigenvalue weighted by molar-refractivity contribution is 6.07. The summed E-state index contributed by atoms with van der Waals surface area (Å²) in [5, 5.41) is 0. The summed E-state index contributed by atoms with van der Waals surface area (Å²) in [6.45, 7) is 2.20. The minimum absolute atomic E-state index is 0.0445. The zero-order valence-electron chi connectivity index (χ0n) is 17.3. The van der Waals surface area contributed by atoms with Crippen molar-refractivity contribution in [2.24, 2.45) is 0 Å². The van der Waals surface area contributed by atoms with Crippen LogP contribution in [0.1, 0.15) is 47.7 Å². The normalized spacial score (nSPS) is 11.0. The predicted molar refractivity (Wildman–Crippen MR) is 125 cm³/mol. The molecule has 0 saturated carbocycles. The SMILES string of the molecule is CCCCCc1ccc(C(=O)C=Cc2ccccc2Oc2ccc(N)cc2N)cc1. The van der Waals surface area contributed by atoms with E-state index in [-0.39, 0.29) is 5.78 Å². The van der Waals surface area contributed by atoms with Crippen molar-refractivity contribution in [3.8, 4) is 11.5 Å². The Morgan fingerprint density at radius 2 is 1.70 bits per heavy atom. The number of aryl methyl sites for hydroxylation is 1. The van der Waals surface area contributed by atoms with E-state index in [4.69, 9.17) is 16.2 Å². The van der Waals surface area contributed by atoms with E-state index < -0.39 is 0 Å². The van der Waals surface area contributed by atoms with Gasteiger partial charge in [0.1, 0.15) is 11.5 Å². The van der Waals surface area contributed by atoms with E-state index in [9.17, 15) is 4.79 Å². The van der Waals surface area contributed by atoms with Gasteiger partial charge in [0, 0.05) is 16.8 Å². The number of anilines is 2. The number of carbonyl (C=O) groups is 1. The van der Waals surface area contributed by atoms with Crippen molar-refractivity contribution < 1.29 is 9.53 Å². The number of para-hydroxylation sites is 1. The van der Waals surface area contributed by atoms with Gasteiger partial charge in [0.2, 0.25) is 0 Å². The number of unbranched alkanes of at least 4 members (excludes halogenated alkanes) is 2. The lowest BCUT2D eigenvalue weighted by Gasteiger charge is -2.11. The molecule has 4 nitrogen and oxygen atoms in total. The van der Waals surface area contributed by atoms with Crippen LogP contribution in [0.3, 0.4) is 0 Å². The standard InChI is InChI=1S/C26H28N2O2/c1-2-3-4-7-19-10-12-20(13-11-19)24(29)16-14-21-8-5-6-9-25(21)30-26-17-15-22(27)18-23(26)28/h5-6,8-18H,2-4,7,27-28H2,1H3. The lowest BCUT2D eigenvalue weighted by atomic mass is 10.0. The first-order valence-corrected chi connectivity index (χ1v) is 10.3. The molecule has 154 valence electrons. The maximum atomic E-state index is 12.6. The molecule has 3 aromatic rings. The van der Waals surface area contributed by atoms with E-state index in [1.54, 1.807) is 30.4 Å². The van der Waals surface area contributed by atoms with Gasteiger partial charge in [-0.25, -0.2) is 0 Å². The van der Waals surface area contributed by atoms with E-state index in [2.05, 4.69) is 6.92 Å². The first-order chi connectivity index (χ1) is 14.6. The molecule has 0 amide bonds. The van der Waals surface area contributed by atoms with Crippen LogP contribution in [0, 0.1) is 0 Å². The van der Waals surface area contributed by atoms with Gasteiger partial charge in [0.25, 0.3) is 0 Å². The summed E-state index contributed by atoms with van der Waals surface area (Å²) in [5.41, 5.74) is 15.5. The van der Waals surface area contributed by atoms with E-state index in [0.29, 0.717) is 28.4 Å². The second-order valence-electron chi connectivity index (χ2n) is 7.29. The molecule has 0 unspecified atom stereocenters. The Kier molecular flexibility index (Phi) is 7.28. The number of hydrogen-bond acceptors (Lipinski definition) is 4. The smallest absolute Gasteiger partial charge is 0.185 e. The number of benzene rings is 3. The number of nitrogens with two attached hydrogens (primary N) is 2. The highest BCUT2D eigenvalue weighted by Gasteiger charge is 2.07. The molecule has 4 N–H and O–H groups in total. The average Bonchev–Trinajstić information content (AvgIpc) is 2.75. The van der Waals surface area contributed by atoms with Crippen LogP contribution in [-0.4, -0.2) is 5.78 Å². The van der Waals surface area contributed by atoms with Crippen LogP contribution < -0.4 is 16.2 Å². The van der Waals surface area contributed by atoms with Crippen molar-refractivity contribution in [3.63, 3.8) is 0 Å². The Morgan fingerprint density at radius 3 is 2.43 bits per heavy atom. The molecule has 0 bridgehead atoms. The summed E-state index contributed by atoms with van der Waals surface area (Å²) in [6, 6.07) is 20.5. The Morgan fingerprint density at radius 1 is 0.933 bits per heavy atom. The molecule has 0 spiro atoms. The largest absolute Gasteiger partial charge is 0.455 e. The van der Waals surface area contributed by atoms with Crippen LogP contribution >= 0.6 is 0 Å². The number of ether oxygens (including phenoxy) is 1. The van der Waals surface area contributed by atoms with Crippen LogP contribution in [0.5, 0.6) is 11.5 Å². The number of hydrogen-bond donors (Lipinski definition) is 2. The molecule has 0 aliphatic rings. The third-order valence-electron chi connectivity index (χ3n) is 4.89. The van der Waals surface area contributed by atoms with Crippen LogP contribution in [0.2, 0.25) is 0 Å². The van der Waals surface area contributed by atoms with Crippen molar-refractivity contribution in [2.45, 2.75) is 32.6 Å². The van der Waals surface area contributed by atoms with Gasteiger partial charge in [-0.2, -0.15) is 0 Å². The second-order valence-corrected chi connectivity index (χ2v) is 7.29. The van der Waals surface area contributed by atoms with Crippen molar-refractivity contribution in [2.75, 3.05) is 11.5 Å². The fourth-order valence-electron chi connectivity index (χ4n) is 3.17. The Bertz CT molecular complexity index is 1020. The van der Waals surface area contributed by atoms with Crippen molar-refractivity contribution in [1.29, 1.82) is 0 Å². The van der Waals surface area contributed by atoms with E-state index >= 15 is 0 Å². The summed E-state index contributed by atoms with van der Waals surface area (Å²) in [5.74, 6) is 1.09. The highest BCUT2D eigenvalue weighted by atomic mass is 16.5. The molecule has 0 radical (unpaired) electrons. The number of carbonyl (C=O) groups excluding carboxylic acids is 1. The lowest BCUT2D eigenvalue weighted by molar-refractivity contribution is 0.104. The van der Waals surface area contributed by atoms with Crippen molar-refractivity contribution in [1.82, 2.24) is 0 Å². The molecule has 0 heterocycles. The van der Waals surface area contributed by atoms with Gasteiger partial charge < -0.3 is 16.2 Å². The number of allylic oxidation sites excluding steroid dienone is 1. The van der Waals surface area contributed by atoms with Crippen molar-refractivity contribution >= 4 is 23.2 Å². The molecule has 0 aliphatic carbocycles. The van der Waals surface area contributed by atoms with E-state index in [1.165, 1.54) is 24.8 Å². The molecule has 0 atom stereocenters. The van der Waals surface area contributed by atoms with Crippen LogP contribution in [0.15, 0.2) is 72.8 Å². The molecule has 0 saturated heterocycles. The van der Waals surface area contributed by atoms with Gasteiger partial charge in [-0.05, 0) is 54.8 Å². The third kappa shape index (κ3) is 5.74. The molecule has 0 aliphatic heterocycles. The minimum atomic E-state index is -0.0445. The van der Waals surface area contributed by atoms with Gasteiger partial charge >= 0.3 is 0 Å². The summed E-state index contributed by atoms with van der Waals surface area (Å²) in [7, 11) is 0. The van der Waals surface area contributed by atoms with Gasteiger partial charge in [-0.3, -0.25) is 4.79 Å². The number of rotatable bonds is 9. The third-order valence-corrected chi connectivity index (χ3v) is 4.89. The zero-order chi connectivity index (χ0) is 21.3. The molecule has 4 heteroatoms. The molecule has 0 aromatic heterocycles. The molecular formula is C26H28N2O2. The van der Waals surface area contributed by atoms with E-state index in [1.807, 2.05) is 48.5 Å². The van der Waals surface area contributed by atoms with Crippen LogP contribution in [-0.2, 0) is 6.42 Å². The molecular weight excluding hydrogens is 372 g/mol. The zero-order valence-corrected chi connectivity index (χ0v) is 17.3. The van der Waals surface area contributed by atoms with Gasteiger partial charge in [-0.1, -0.05) is 62.2 Å². The Labute approximate surface area is 178 Å². The highest BCUT2D eigenvalue weighted by Crippen LogP contribution is 2.31. The Balaban J connectivity index is 1.70. The fourth-order valence-corrected chi connectivity index (χ4v) is 3.17. The fraction of sp³-hybridized carbons (Fsp3) is 0.192. The van der Waals surface area contributed by atoms with Gasteiger partial charge in [-0.15, -0.1) is 0 Å². The first-order valence-electron chi connectivity index (χ1n) is 10.3. The van der Waals surface area contributed by atoms with E-state index in [0.717, 1.165) is 12.0 Å². The summed E-state index contributed by atoms with van der Waals surface area (Å²) in [6.07, 6.45) is 8.00. The quantitative estimate of drug-likeness (QED) is 0.192. The van der Waals surface area contributed by atoms with Crippen LogP contribution in [0.4, 0.5) is 11.4 Å². The predicted octanol–water partition coefficient (Wildman–Crippen LogP) is 6.27. The van der Waals surface area contributed by atoms with Gasteiger partial charge in [0.05, 0.1) is 5.69 Å². The number of nitrogen functional groups attached to an aromatic ring is 2. The number of ketones is 1. The van der Waals surface area contributed by atoms with Gasteiger partial charge in [0.15, 0.2) is 5.78 Å². The average molecular weight is 401 g/mol. The molecule has 3 rings (SSSR count). The lowest BCUT2D eigenvalue weighted by Crippen LogP contribution is -1.96. The van der Waals surface area contributed by atoms with Crippen LogP contribution in [0.25, 0.3) is 6.08 Å². The molecule has 0 fully saturated rings. The molecule has 3 aromatic carbocycles. The minimum Gasteiger partial charge on any atom is -0.455 e. The molecule has 30 heavy (non-hydrogen) atoms. The second kappa shape index (κ2) is 10.3. The van der Waals surface area contributed by atoms with Crippen molar-refractivity contribution in [3.05, 3.63) is 89.5 Å². The summed E-state index contributed by atoms with van der Waals surface area (Å²) < 4.78 is 5.95.